The van der Waals surface area contributed by atoms with Crippen molar-refractivity contribution in [3.63, 3.8) is 0 Å². The van der Waals surface area contributed by atoms with Gasteiger partial charge in [0.25, 0.3) is 5.91 Å². The van der Waals surface area contributed by atoms with Crippen molar-refractivity contribution >= 4 is 28.8 Å². The molecule has 2 rings (SSSR count). The highest BCUT2D eigenvalue weighted by atomic mass is 32.1. The standard InChI is InChI=1S/C12H17N5OS/c1-3-17(4-2)6-5-13-12(18)9-7-10-11(14-8-9)16-19-15-10/h7-8H,3-6H2,1-2H3,(H,13,18). The first kappa shape index (κ1) is 13.8. The van der Waals surface area contributed by atoms with Gasteiger partial charge in [0.15, 0.2) is 5.65 Å². The normalized spacial score (nSPS) is 11.1. The average Bonchev–Trinajstić information content (AvgIpc) is 2.90. The number of nitrogens with one attached hydrogen (secondary N) is 1. The lowest BCUT2D eigenvalue weighted by Gasteiger charge is -2.17. The van der Waals surface area contributed by atoms with Crippen LogP contribution in [-0.4, -0.2) is 50.7 Å². The van der Waals surface area contributed by atoms with E-state index in [0.29, 0.717) is 23.3 Å². The second kappa shape index (κ2) is 6.53. The molecule has 19 heavy (non-hydrogen) atoms. The van der Waals surface area contributed by atoms with Crippen LogP contribution in [0, 0.1) is 0 Å². The molecule has 2 aromatic rings. The van der Waals surface area contributed by atoms with Crippen molar-refractivity contribution in [1.82, 2.24) is 23.9 Å². The highest BCUT2D eigenvalue weighted by Gasteiger charge is 2.09. The summed E-state index contributed by atoms with van der Waals surface area (Å²) in [4.78, 5) is 18.3. The van der Waals surface area contributed by atoms with Gasteiger partial charge in [0.2, 0.25) is 0 Å². The fourth-order valence-electron chi connectivity index (χ4n) is 1.78. The van der Waals surface area contributed by atoms with E-state index in [4.69, 9.17) is 0 Å². The van der Waals surface area contributed by atoms with Crippen LogP contribution in [0.1, 0.15) is 24.2 Å². The quantitative estimate of drug-likeness (QED) is 0.859. The highest BCUT2D eigenvalue weighted by Crippen LogP contribution is 2.10. The van der Waals surface area contributed by atoms with Crippen molar-refractivity contribution in [2.75, 3.05) is 26.2 Å². The summed E-state index contributed by atoms with van der Waals surface area (Å²) in [6.07, 6.45) is 1.54. The molecule has 1 amide bonds. The molecule has 0 radical (unpaired) electrons. The smallest absolute Gasteiger partial charge is 0.252 e. The topological polar surface area (TPSA) is 71.0 Å². The number of fused-ring (bicyclic) bond motifs is 1. The molecule has 0 unspecified atom stereocenters. The molecule has 0 spiro atoms. The largest absolute Gasteiger partial charge is 0.351 e. The fraction of sp³-hybridized carbons (Fsp3) is 0.500. The summed E-state index contributed by atoms with van der Waals surface area (Å²) < 4.78 is 8.08. The molecule has 2 heterocycles. The Balaban J connectivity index is 1.92. The minimum atomic E-state index is -0.116. The molecule has 1 N–H and O–H groups in total. The van der Waals surface area contributed by atoms with E-state index in [1.807, 2.05) is 0 Å². The molecular formula is C12H17N5OS. The van der Waals surface area contributed by atoms with Gasteiger partial charge in [-0.3, -0.25) is 4.79 Å². The molecule has 0 aliphatic rings. The van der Waals surface area contributed by atoms with Crippen LogP contribution >= 0.6 is 11.7 Å². The lowest BCUT2D eigenvalue weighted by atomic mass is 10.2. The minimum Gasteiger partial charge on any atom is -0.351 e. The van der Waals surface area contributed by atoms with E-state index < -0.39 is 0 Å². The number of hydrogen-bond acceptors (Lipinski definition) is 6. The molecule has 0 aliphatic carbocycles. The van der Waals surface area contributed by atoms with Crippen LogP contribution in [0.15, 0.2) is 12.3 Å². The summed E-state index contributed by atoms with van der Waals surface area (Å²) in [5.74, 6) is -0.116. The van der Waals surface area contributed by atoms with Gasteiger partial charge in [-0.25, -0.2) is 4.98 Å². The summed E-state index contributed by atoms with van der Waals surface area (Å²) in [5.41, 5.74) is 1.78. The van der Waals surface area contributed by atoms with E-state index in [1.165, 1.54) is 6.20 Å². The lowest BCUT2D eigenvalue weighted by molar-refractivity contribution is 0.0948. The van der Waals surface area contributed by atoms with Gasteiger partial charge in [-0.15, -0.1) is 0 Å². The Kier molecular flexibility index (Phi) is 4.75. The maximum absolute atomic E-state index is 12.0. The summed E-state index contributed by atoms with van der Waals surface area (Å²) >= 11 is 1.10. The minimum absolute atomic E-state index is 0.116. The van der Waals surface area contributed by atoms with Crippen LogP contribution in [0.5, 0.6) is 0 Å². The number of likely N-dealkylation sites (N-methyl/N-ethyl adjacent to an activating group) is 1. The third-order valence-electron chi connectivity index (χ3n) is 2.98. The molecule has 0 aromatic carbocycles. The monoisotopic (exact) mass is 279 g/mol. The Hall–Kier alpha value is -1.60. The zero-order valence-electron chi connectivity index (χ0n) is 11.1. The number of carbonyl (C=O) groups is 1. The van der Waals surface area contributed by atoms with Gasteiger partial charge in [-0.1, -0.05) is 13.8 Å². The zero-order valence-corrected chi connectivity index (χ0v) is 11.9. The first-order chi connectivity index (χ1) is 9.24. The van der Waals surface area contributed by atoms with Gasteiger partial charge in [-0.2, -0.15) is 8.75 Å². The Bertz CT molecular complexity index is 552. The van der Waals surface area contributed by atoms with E-state index in [9.17, 15) is 4.79 Å². The first-order valence-electron chi connectivity index (χ1n) is 6.33. The van der Waals surface area contributed by atoms with Crippen LogP contribution in [-0.2, 0) is 0 Å². The number of pyridine rings is 1. The van der Waals surface area contributed by atoms with Gasteiger partial charge >= 0.3 is 0 Å². The number of hydrogen-bond donors (Lipinski definition) is 1. The summed E-state index contributed by atoms with van der Waals surface area (Å²) in [7, 11) is 0. The maximum atomic E-state index is 12.0. The number of carbonyl (C=O) groups excluding carboxylic acids is 1. The van der Waals surface area contributed by atoms with Crippen LogP contribution in [0.4, 0.5) is 0 Å². The molecule has 102 valence electrons. The lowest BCUT2D eigenvalue weighted by Crippen LogP contribution is -2.34. The molecule has 0 aliphatic heterocycles. The molecule has 0 saturated carbocycles. The van der Waals surface area contributed by atoms with Gasteiger partial charge < -0.3 is 10.2 Å². The fourth-order valence-corrected chi connectivity index (χ4v) is 2.26. The number of aromatic nitrogens is 3. The second-order valence-corrected chi connectivity index (χ2v) is 4.64. The SMILES string of the molecule is CCN(CC)CCNC(=O)c1cnc2nsnc2c1. The number of amides is 1. The summed E-state index contributed by atoms with van der Waals surface area (Å²) in [6, 6.07) is 1.72. The molecule has 0 bridgehead atoms. The molecule has 2 aromatic heterocycles. The van der Waals surface area contributed by atoms with E-state index >= 15 is 0 Å². The van der Waals surface area contributed by atoms with Crippen LogP contribution in [0.25, 0.3) is 11.2 Å². The first-order valence-corrected chi connectivity index (χ1v) is 7.06. The van der Waals surface area contributed by atoms with Gasteiger partial charge in [0.05, 0.1) is 17.3 Å². The van der Waals surface area contributed by atoms with Crippen LogP contribution in [0.3, 0.4) is 0 Å². The van der Waals surface area contributed by atoms with Gasteiger partial charge in [0.1, 0.15) is 5.52 Å². The molecule has 7 heteroatoms. The van der Waals surface area contributed by atoms with Crippen molar-refractivity contribution in [3.05, 3.63) is 17.8 Å². The maximum Gasteiger partial charge on any atom is 0.252 e. The van der Waals surface area contributed by atoms with Crippen molar-refractivity contribution in [2.45, 2.75) is 13.8 Å². The Morgan fingerprint density at radius 2 is 2.16 bits per heavy atom. The van der Waals surface area contributed by atoms with Crippen LogP contribution < -0.4 is 5.32 Å². The van der Waals surface area contributed by atoms with Gasteiger partial charge in [-0.05, 0) is 19.2 Å². The Labute approximate surface area is 116 Å². The molecule has 0 atom stereocenters. The number of nitrogens with zero attached hydrogens (tertiary/aromatic N) is 4. The molecule has 6 nitrogen and oxygen atoms in total. The van der Waals surface area contributed by atoms with E-state index in [-0.39, 0.29) is 5.91 Å². The highest BCUT2D eigenvalue weighted by molar-refractivity contribution is 7.00. The summed E-state index contributed by atoms with van der Waals surface area (Å²) in [6.45, 7) is 7.69. The summed E-state index contributed by atoms with van der Waals surface area (Å²) in [5, 5.41) is 2.89. The van der Waals surface area contributed by atoms with E-state index in [1.54, 1.807) is 6.07 Å². The molecule has 0 fully saturated rings. The van der Waals surface area contributed by atoms with Gasteiger partial charge in [0, 0.05) is 19.3 Å². The molecule has 0 saturated heterocycles. The third kappa shape index (κ3) is 3.45. The van der Waals surface area contributed by atoms with Crippen molar-refractivity contribution in [2.24, 2.45) is 0 Å². The average molecular weight is 279 g/mol. The molecular weight excluding hydrogens is 262 g/mol. The van der Waals surface area contributed by atoms with Crippen molar-refractivity contribution in [1.29, 1.82) is 0 Å². The Morgan fingerprint density at radius 3 is 2.89 bits per heavy atom. The second-order valence-electron chi connectivity index (χ2n) is 4.11. The van der Waals surface area contributed by atoms with Crippen molar-refractivity contribution < 1.29 is 4.79 Å². The third-order valence-corrected chi connectivity index (χ3v) is 3.52. The van der Waals surface area contributed by atoms with Crippen LogP contribution in [0.2, 0.25) is 0 Å². The predicted molar refractivity (Wildman–Crippen MR) is 75.3 cm³/mol. The number of rotatable bonds is 6. The van der Waals surface area contributed by atoms with E-state index in [0.717, 1.165) is 31.4 Å². The predicted octanol–water partition coefficient (Wildman–Crippen LogP) is 1.16. The Morgan fingerprint density at radius 1 is 1.37 bits per heavy atom. The zero-order chi connectivity index (χ0) is 13.7. The van der Waals surface area contributed by atoms with E-state index in [2.05, 4.69) is 37.8 Å². The van der Waals surface area contributed by atoms with Crippen molar-refractivity contribution in [3.8, 4) is 0 Å².